The molecule has 4 heteroatoms. The van der Waals surface area contributed by atoms with Crippen molar-refractivity contribution in [2.45, 2.75) is 45.8 Å². The van der Waals surface area contributed by atoms with Gasteiger partial charge in [0.25, 0.3) is 0 Å². The zero-order chi connectivity index (χ0) is 13.1. The van der Waals surface area contributed by atoms with E-state index >= 15 is 0 Å². The topological polar surface area (TPSA) is 39.1 Å². The first-order valence-corrected chi connectivity index (χ1v) is 6.94. The van der Waals surface area contributed by atoms with Crippen molar-refractivity contribution in [2.75, 3.05) is 13.2 Å². The van der Waals surface area contributed by atoms with Crippen LogP contribution in [0.2, 0.25) is 0 Å². The molecule has 102 valence electrons. The largest absolute Gasteiger partial charge is 0.378 e. The molecular formula is C14H25N3O. The van der Waals surface area contributed by atoms with Crippen molar-refractivity contribution >= 4 is 0 Å². The lowest BCUT2D eigenvalue weighted by atomic mass is 9.93. The average molecular weight is 251 g/mol. The van der Waals surface area contributed by atoms with Crippen molar-refractivity contribution < 1.29 is 4.74 Å². The van der Waals surface area contributed by atoms with Crippen LogP contribution in [0.5, 0.6) is 0 Å². The minimum atomic E-state index is 0.407. The fourth-order valence-corrected chi connectivity index (χ4v) is 2.88. The van der Waals surface area contributed by atoms with Crippen LogP contribution in [0.1, 0.15) is 31.7 Å². The number of ether oxygens (including phenoxy) is 1. The van der Waals surface area contributed by atoms with E-state index in [4.69, 9.17) is 4.74 Å². The molecular weight excluding hydrogens is 226 g/mol. The van der Waals surface area contributed by atoms with Gasteiger partial charge in [0.2, 0.25) is 0 Å². The van der Waals surface area contributed by atoms with Crippen molar-refractivity contribution in [1.29, 1.82) is 0 Å². The molecule has 0 amide bonds. The van der Waals surface area contributed by atoms with Gasteiger partial charge in [0.1, 0.15) is 0 Å². The smallest absolute Gasteiger partial charge is 0.0596 e. The number of nitrogens with one attached hydrogen (secondary N) is 1. The normalized spacial score (nSPS) is 25.6. The molecule has 18 heavy (non-hydrogen) atoms. The molecule has 2 rings (SSSR count). The predicted molar refractivity (Wildman–Crippen MR) is 72.6 cm³/mol. The highest BCUT2D eigenvalue weighted by molar-refractivity contribution is 5.10. The second-order valence-electron chi connectivity index (χ2n) is 5.41. The number of rotatable bonds is 5. The molecule has 1 N–H and O–H groups in total. The number of hydrogen-bond donors (Lipinski definition) is 1. The molecule has 1 aliphatic heterocycles. The number of hydrogen-bond acceptors (Lipinski definition) is 3. The van der Waals surface area contributed by atoms with E-state index in [0.717, 1.165) is 31.7 Å². The summed E-state index contributed by atoms with van der Waals surface area (Å²) < 4.78 is 7.70. The molecule has 2 heterocycles. The molecule has 0 radical (unpaired) electrons. The second-order valence-corrected chi connectivity index (χ2v) is 5.41. The van der Waals surface area contributed by atoms with Gasteiger partial charge in [0.05, 0.1) is 18.4 Å². The molecule has 4 nitrogen and oxygen atoms in total. The van der Waals surface area contributed by atoms with Crippen LogP contribution < -0.4 is 5.32 Å². The third kappa shape index (κ3) is 3.12. The van der Waals surface area contributed by atoms with Gasteiger partial charge >= 0.3 is 0 Å². The van der Waals surface area contributed by atoms with E-state index in [2.05, 4.69) is 30.3 Å². The highest BCUT2D eigenvalue weighted by atomic mass is 16.5. The van der Waals surface area contributed by atoms with Gasteiger partial charge in [-0.05, 0) is 32.9 Å². The summed E-state index contributed by atoms with van der Waals surface area (Å²) in [5, 5.41) is 8.03. The third-order valence-corrected chi connectivity index (χ3v) is 3.79. The summed E-state index contributed by atoms with van der Waals surface area (Å²) in [7, 11) is 2.03. The molecule has 1 saturated heterocycles. The Kier molecular flexibility index (Phi) is 4.40. The zero-order valence-corrected chi connectivity index (χ0v) is 11.9. The van der Waals surface area contributed by atoms with Crippen LogP contribution in [0.15, 0.2) is 6.07 Å². The highest BCUT2D eigenvalue weighted by Crippen LogP contribution is 2.24. The lowest BCUT2D eigenvalue weighted by Crippen LogP contribution is -2.38. The van der Waals surface area contributed by atoms with Gasteiger partial charge in [-0.25, -0.2) is 0 Å². The molecule has 1 aromatic heterocycles. The first-order valence-electron chi connectivity index (χ1n) is 6.94. The van der Waals surface area contributed by atoms with Crippen LogP contribution in [-0.4, -0.2) is 35.1 Å². The summed E-state index contributed by atoms with van der Waals surface area (Å²) in [5.74, 6) is 0.621. The van der Waals surface area contributed by atoms with E-state index in [9.17, 15) is 0 Å². The van der Waals surface area contributed by atoms with Gasteiger partial charge in [-0.1, -0.05) is 6.92 Å². The van der Waals surface area contributed by atoms with Crippen molar-refractivity contribution in [1.82, 2.24) is 15.1 Å². The van der Waals surface area contributed by atoms with Crippen LogP contribution in [0.4, 0.5) is 0 Å². The Balaban J connectivity index is 2.04. The summed E-state index contributed by atoms with van der Waals surface area (Å²) in [6, 6.07) is 2.68. The minimum Gasteiger partial charge on any atom is -0.378 e. The van der Waals surface area contributed by atoms with Crippen molar-refractivity contribution in [3.8, 4) is 0 Å². The summed E-state index contributed by atoms with van der Waals surface area (Å²) in [5.41, 5.74) is 2.40. The Hall–Kier alpha value is -0.870. The SMILES string of the molecule is CCNC(Cc1cc(C)nn1C)C1COC(C)C1. The standard InChI is InChI=1S/C14H25N3O/c1-5-15-14(12-7-11(3)18-9-12)8-13-6-10(2)16-17(13)4/h6,11-12,14-15H,5,7-9H2,1-4H3. The zero-order valence-electron chi connectivity index (χ0n) is 11.9. The lowest BCUT2D eigenvalue weighted by molar-refractivity contribution is 0.117. The second kappa shape index (κ2) is 5.85. The molecule has 3 atom stereocenters. The fourth-order valence-electron chi connectivity index (χ4n) is 2.88. The van der Waals surface area contributed by atoms with Gasteiger partial charge in [0.15, 0.2) is 0 Å². The summed E-state index contributed by atoms with van der Waals surface area (Å²) >= 11 is 0. The molecule has 0 bridgehead atoms. The molecule has 3 unspecified atom stereocenters. The average Bonchev–Trinajstić information content (AvgIpc) is 2.85. The number of aromatic nitrogens is 2. The summed E-state index contributed by atoms with van der Waals surface area (Å²) in [6.45, 7) is 8.27. The van der Waals surface area contributed by atoms with Gasteiger partial charge in [-0.2, -0.15) is 5.10 Å². The quantitative estimate of drug-likeness (QED) is 0.865. The van der Waals surface area contributed by atoms with E-state index in [-0.39, 0.29) is 0 Å². The molecule has 1 aromatic rings. The van der Waals surface area contributed by atoms with Crippen LogP contribution in [0, 0.1) is 12.8 Å². The molecule has 0 aromatic carbocycles. The lowest BCUT2D eigenvalue weighted by Gasteiger charge is -2.23. The van der Waals surface area contributed by atoms with Gasteiger partial charge < -0.3 is 10.1 Å². The first kappa shape index (κ1) is 13.6. The van der Waals surface area contributed by atoms with Crippen LogP contribution in [0.3, 0.4) is 0 Å². The van der Waals surface area contributed by atoms with Crippen molar-refractivity contribution in [3.63, 3.8) is 0 Å². The number of nitrogens with zero attached hydrogens (tertiary/aromatic N) is 2. The first-order chi connectivity index (χ1) is 8.60. The van der Waals surface area contributed by atoms with Crippen molar-refractivity contribution in [2.24, 2.45) is 13.0 Å². The highest BCUT2D eigenvalue weighted by Gasteiger charge is 2.29. The van der Waals surface area contributed by atoms with Crippen molar-refractivity contribution in [3.05, 3.63) is 17.5 Å². The summed E-state index contributed by atoms with van der Waals surface area (Å²) in [4.78, 5) is 0. The van der Waals surface area contributed by atoms with Gasteiger partial charge in [-0.3, -0.25) is 4.68 Å². The van der Waals surface area contributed by atoms with Crippen LogP contribution >= 0.6 is 0 Å². The van der Waals surface area contributed by atoms with E-state index < -0.39 is 0 Å². The van der Waals surface area contributed by atoms with Crippen LogP contribution in [-0.2, 0) is 18.2 Å². The maximum absolute atomic E-state index is 5.70. The minimum absolute atomic E-state index is 0.407. The van der Waals surface area contributed by atoms with Gasteiger partial charge in [-0.15, -0.1) is 0 Å². The number of aryl methyl sites for hydroxylation is 2. The van der Waals surface area contributed by atoms with E-state index in [1.54, 1.807) is 0 Å². The van der Waals surface area contributed by atoms with E-state index in [1.165, 1.54) is 5.69 Å². The maximum Gasteiger partial charge on any atom is 0.0596 e. The Morgan fingerprint density at radius 1 is 1.61 bits per heavy atom. The molecule has 1 fully saturated rings. The predicted octanol–water partition coefficient (Wildman–Crippen LogP) is 1.67. The summed E-state index contributed by atoms with van der Waals surface area (Å²) in [6.07, 6.45) is 2.60. The Morgan fingerprint density at radius 2 is 2.39 bits per heavy atom. The number of likely N-dealkylation sites (N-methyl/N-ethyl adjacent to an activating group) is 1. The van der Waals surface area contributed by atoms with Crippen LogP contribution in [0.25, 0.3) is 0 Å². The monoisotopic (exact) mass is 251 g/mol. The van der Waals surface area contributed by atoms with E-state index in [0.29, 0.717) is 18.1 Å². The molecule has 0 spiro atoms. The Bertz CT molecular complexity index is 388. The molecule has 0 saturated carbocycles. The maximum atomic E-state index is 5.70. The van der Waals surface area contributed by atoms with E-state index in [1.807, 2.05) is 18.7 Å². The molecule has 0 aliphatic carbocycles. The fraction of sp³-hybridized carbons (Fsp3) is 0.786. The Morgan fingerprint density at radius 3 is 2.89 bits per heavy atom. The molecule has 1 aliphatic rings. The Labute approximate surface area is 110 Å². The van der Waals surface area contributed by atoms with Gasteiger partial charge in [0, 0.05) is 31.1 Å². The third-order valence-electron chi connectivity index (χ3n) is 3.79.